The average molecular weight is 447 g/mol. The standard InChI is InChI=1S/C26H30N4OS/c1-20(12-13-21-8-4-2-5-9-21)29-25(31)22-14-18-30(19-15-22)24-26(28-17-16-27-24)32-23-10-6-3-7-11-23/h2-11,16-17,20,22H,12-15,18-19H2,1H3,(H,29,31)/t20-/m1/s1. The van der Waals surface area contributed by atoms with Crippen LogP contribution in [0.4, 0.5) is 5.82 Å². The third-order valence-corrected chi connectivity index (χ3v) is 6.86. The van der Waals surface area contributed by atoms with Crippen LogP contribution in [-0.4, -0.2) is 35.0 Å². The third-order valence-electron chi connectivity index (χ3n) is 5.87. The molecule has 0 unspecified atom stereocenters. The molecule has 0 aliphatic carbocycles. The van der Waals surface area contributed by atoms with Gasteiger partial charge in [-0.1, -0.05) is 60.3 Å². The molecule has 1 saturated heterocycles. The van der Waals surface area contributed by atoms with Crippen molar-refractivity contribution in [3.8, 4) is 0 Å². The molecule has 5 nitrogen and oxygen atoms in total. The van der Waals surface area contributed by atoms with Crippen molar-refractivity contribution in [1.82, 2.24) is 15.3 Å². The van der Waals surface area contributed by atoms with Crippen LogP contribution in [0.25, 0.3) is 0 Å². The van der Waals surface area contributed by atoms with Crippen molar-refractivity contribution < 1.29 is 4.79 Å². The van der Waals surface area contributed by atoms with Gasteiger partial charge in [-0.05, 0) is 50.3 Å². The molecule has 1 atom stereocenters. The number of rotatable bonds is 8. The number of benzene rings is 2. The Morgan fingerprint density at radius 1 is 1.03 bits per heavy atom. The lowest BCUT2D eigenvalue weighted by atomic mass is 9.95. The van der Waals surface area contributed by atoms with Crippen molar-refractivity contribution in [2.75, 3.05) is 18.0 Å². The van der Waals surface area contributed by atoms with Crippen LogP contribution in [-0.2, 0) is 11.2 Å². The number of nitrogens with one attached hydrogen (secondary N) is 1. The molecule has 1 aromatic heterocycles. The Morgan fingerprint density at radius 3 is 2.41 bits per heavy atom. The highest BCUT2D eigenvalue weighted by molar-refractivity contribution is 7.99. The maximum Gasteiger partial charge on any atom is 0.223 e. The van der Waals surface area contributed by atoms with E-state index in [0.717, 1.165) is 54.5 Å². The molecule has 2 heterocycles. The van der Waals surface area contributed by atoms with Crippen molar-refractivity contribution in [3.63, 3.8) is 0 Å². The van der Waals surface area contributed by atoms with Gasteiger partial charge >= 0.3 is 0 Å². The first-order chi connectivity index (χ1) is 15.7. The van der Waals surface area contributed by atoms with Crippen LogP contribution in [0.5, 0.6) is 0 Å². The summed E-state index contributed by atoms with van der Waals surface area (Å²) in [5, 5.41) is 4.14. The number of nitrogens with zero attached hydrogens (tertiary/aromatic N) is 3. The Balaban J connectivity index is 1.28. The first-order valence-corrected chi connectivity index (χ1v) is 12.1. The summed E-state index contributed by atoms with van der Waals surface area (Å²) in [5.41, 5.74) is 1.31. The van der Waals surface area contributed by atoms with Gasteiger partial charge in [0.2, 0.25) is 5.91 Å². The molecule has 6 heteroatoms. The zero-order valence-corrected chi connectivity index (χ0v) is 19.3. The Kier molecular flexibility index (Phi) is 7.77. The summed E-state index contributed by atoms with van der Waals surface area (Å²) < 4.78 is 0. The second-order valence-electron chi connectivity index (χ2n) is 8.30. The van der Waals surface area contributed by atoms with Crippen molar-refractivity contribution in [1.29, 1.82) is 0 Å². The van der Waals surface area contributed by atoms with Crippen molar-refractivity contribution >= 4 is 23.5 Å². The van der Waals surface area contributed by atoms with Crippen LogP contribution in [0.3, 0.4) is 0 Å². The number of carbonyl (C=O) groups excluding carboxylic acids is 1. The zero-order valence-electron chi connectivity index (χ0n) is 18.5. The molecule has 1 aliphatic heterocycles. The number of aromatic nitrogens is 2. The van der Waals surface area contributed by atoms with E-state index in [4.69, 9.17) is 0 Å². The highest BCUT2D eigenvalue weighted by Crippen LogP contribution is 2.33. The highest BCUT2D eigenvalue weighted by Gasteiger charge is 2.27. The van der Waals surface area contributed by atoms with Crippen LogP contribution in [0.2, 0.25) is 0 Å². The third kappa shape index (κ3) is 6.10. The smallest absolute Gasteiger partial charge is 0.223 e. The summed E-state index contributed by atoms with van der Waals surface area (Å²) in [6.45, 7) is 3.73. The number of carbonyl (C=O) groups is 1. The summed E-state index contributed by atoms with van der Waals surface area (Å²) in [7, 11) is 0. The van der Waals surface area contributed by atoms with Crippen molar-refractivity contribution in [2.24, 2.45) is 5.92 Å². The van der Waals surface area contributed by atoms with Crippen LogP contribution >= 0.6 is 11.8 Å². The molecule has 2 aromatic carbocycles. The van der Waals surface area contributed by atoms with Gasteiger partial charge in [-0.3, -0.25) is 4.79 Å². The molecule has 0 bridgehead atoms. The van der Waals surface area contributed by atoms with E-state index >= 15 is 0 Å². The molecular formula is C26H30N4OS. The number of amides is 1. The molecule has 0 radical (unpaired) electrons. The second-order valence-corrected chi connectivity index (χ2v) is 9.36. The summed E-state index contributed by atoms with van der Waals surface area (Å²) in [6, 6.07) is 20.9. The van der Waals surface area contributed by atoms with E-state index in [2.05, 4.69) is 63.5 Å². The van der Waals surface area contributed by atoms with Gasteiger partial charge in [0.25, 0.3) is 0 Å². The fraction of sp³-hybridized carbons (Fsp3) is 0.346. The second kappa shape index (κ2) is 11.1. The molecule has 1 amide bonds. The van der Waals surface area contributed by atoms with E-state index in [-0.39, 0.29) is 17.9 Å². The van der Waals surface area contributed by atoms with Crippen LogP contribution in [0.1, 0.15) is 31.7 Å². The Labute approximate surface area is 194 Å². The first-order valence-electron chi connectivity index (χ1n) is 11.3. The Bertz CT molecular complexity index is 991. The van der Waals surface area contributed by atoms with Gasteiger partial charge in [0.1, 0.15) is 5.03 Å². The first kappa shape index (κ1) is 22.3. The molecular weight excluding hydrogens is 416 g/mol. The SMILES string of the molecule is C[C@H](CCc1ccccc1)NC(=O)C1CCN(c2nccnc2Sc2ccccc2)CC1. The zero-order chi connectivity index (χ0) is 22.2. The number of anilines is 1. The van der Waals surface area contributed by atoms with Crippen molar-refractivity contribution in [3.05, 3.63) is 78.6 Å². The minimum absolute atomic E-state index is 0.0623. The summed E-state index contributed by atoms with van der Waals surface area (Å²) in [4.78, 5) is 25.4. The minimum atomic E-state index is 0.0623. The van der Waals surface area contributed by atoms with Gasteiger partial charge in [-0.2, -0.15) is 0 Å². The topological polar surface area (TPSA) is 58.1 Å². The van der Waals surface area contributed by atoms with E-state index < -0.39 is 0 Å². The quantitative estimate of drug-likeness (QED) is 0.529. The number of hydrogen-bond acceptors (Lipinski definition) is 5. The predicted molar refractivity (Wildman–Crippen MR) is 130 cm³/mol. The van der Waals surface area contributed by atoms with Crippen molar-refractivity contribution in [2.45, 2.75) is 48.6 Å². The Morgan fingerprint density at radius 2 is 1.69 bits per heavy atom. The van der Waals surface area contributed by atoms with E-state index in [0.29, 0.717) is 0 Å². The van der Waals surface area contributed by atoms with Crippen LogP contribution in [0.15, 0.2) is 83.0 Å². The van der Waals surface area contributed by atoms with E-state index in [9.17, 15) is 4.79 Å². The van der Waals surface area contributed by atoms with Gasteiger partial charge in [0.15, 0.2) is 5.82 Å². The lowest BCUT2D eigenvalue weighted by Crippen LogP contribution is -2.43. The van der Waals surface area contributed by atoms with Crippen LogP contribution in [0, 0.1) is 5.92 Å². The molecule has 32 heavy (non-hydrogen) atoms. The Hall–Kier alpha value is -2.86. The summed E-state index contributed by atoms with van der Waals surface area (Å²) >= 11 is 1.63. The summed E-state index contributed by atoms with van der Waals surface area (Å²) in [5.74, 6) is 1.16. The minimum Gasteiger partial charge on any atom is -0.354 e. The molecule has 1 aliphatic rings. The lowest BCUT2D eigenvalue weighted by Gasteiger charge is -2.33. The van der Waals surface area contributed by atoms with Gasteiger partial charge < -0.3 is 10.2 Å². The molecule has 1 fully saturated rings. The fourth-order valence-electron chi connectivity index (χ4n) is 4.02. The summed E-state index contributed by atoms with van der Waals surface area (Å²) in [6.07, 6.45) is 7.10. The molecule has 0 saturated carbocycles. The van der Waals surface area contributed by atoms with Gasteiger partial charge in [-0.15, -0.1) is 0 Å². The van der Waals surface area contributed by atoms with E-state index in [1.54, 1.807) is 24.2 Å². The molecule has 4 rings (SSSR count). The normalized spacial score (nSPS) is 15.3. The van der Waals surface area contributed by atoms with E-state index in [1.807, 2.05) is 24.3 Å². The van der Waals surface area contributed by atoms with E-state index in [1.165, 1.54) is 5.56 Å². The maximum atomic E-state index is 12.8. The van der Waals surface area contributed by atoms with Gasteiger partial charge in [-0.25, -0.2) is 9.97 Å². The average Bonchev–Trinajstić information content (AvgIpc) is 2.84. The largest absolute Gasteiger partial charge is 0.354 e. The number of piperidine rings is 1. The molecule has 1 N–H and O–H groups in total. The molecule has 3 aromatic rings. The molecule has 166 valence electrons. The lowest BCUT2D eigenvalue weighted by molar-refractivity contribution is -0.126. The predicted octanol–water partition coefficient (Wildman–Crippen LogP) is 4.98. The van der Waals surface area contributed by atoms with Crippen LogP contribution < -0.4 is 10.2 Å². The number of aryl methyl sites for hydroxylation is 1. The van der Waals surface area contributed by atoms with Gasteiger partial charge in [0, 0.05) is 42.3 Å². The van der Waals surface area contributed by atoms with Gasteiger partial charge in [0.05, 0.1) is 0 Å². The monoisotopic (exact) mass is 446 g/mol. The molecule has 0 spiro atoms. The maximum absolute atomic E-state index is 12.8. The highest BCUT2D eigenvalue weighted by atomic mass is 32.2. The number of hydrogen-bond donors (Lipinski definition) is 1. The fourth-order valence-corrected chi connectivity index (χ4v) is 4.92.